The Morgan fingerprint density at radius 3 is 0.837 bits per heavy atom. The summed E-state index contributed by atoms with van der Waals surface area (Å²) in [5.41, 5.74) is 12.9. The molecule has 0 radical (unpaired) electrons. The summed E-state index contributed by atoms with van der Waals surface area (Å²) in [4.78, 5) is 76.7. The maximum atomic E-state index is 15.6. The summed E-state index contributed by atoms with van der Waals surface area (Å²) >= 11 is 6.69. The average molecular weight is 1480 g/mol. The lowest BCUT2D eigenvalue weighted by atomic mass is 9.98. The van der Waals surface area contributed by atoms with Crippen LogP contribution in [0.3, 0.4) is 0 Å². The van der Waals surface area contributed by atoms with Gasteiger partial charge in [0.1, 0.15) is 0 Å². The van der Waals surface area contributed by atoms with Crippen LogP contribution in [0.4, 0.5) is 0 Å². The lowest BCUT2D eigenvalue weighted by Gasteiger charge is -2.29. The molecule has 6 unspecified atom stereocenters. The summed E-state index contributed by atoms with van der Waals surface area (Å²) in [6, 6.07) is 31.6. The molecule has 0 fully saturated rings. The Balaban J connectivity index is 1.02. The minimum absolute atomic E-state index is 0.0341. The van der Waals surface area contributed by atoms with E-state index < -0.39 is 0 Å². The van der Waals surface area contributed by atoms with Gasteiger partial charge in [-0.2, -0.15) is 0 Å². The molecule has 104 heavy (non-hydrogen) atoms. The van der Waals surface area contributed by atoms with Gasteiger partial charge in [-0.15, -0.1) is 45.3 Å². The highest BCUT2D eigenvalue weighted by molar-refractivity contribution is 7.17. The molecule has 0 saturated carbocycles. The number of carbonyl (C=O) groups excluding carboxylic acids is 4. The third-order valence-corrected chi connectivity index (χ3v) is 27.9. The number of hydrogen-bond acceptors (Lipinski definition) is 8. The first kappa shape index (κ1) is 77.0. The van der Waals surface area contributed by atoms with E-state index in [1.54, 1.807) is 45.3 Å². The first-order chi connectivity index (χ1) is 50.8. The van der Waals surface area contributed by atoms with Gasteiger partial charge in [-0.25, -0.2) is 0 Å². The predicted molar refractivity (Wildman–Crippen MR) is 445 cm³/mol. The van der Waals surface area contributed by atoms with Crippen molar-refractivity contribution in [1.29, 1.82) is 0 Å². The van der Waals surface area contributed by atoms with Crippen molar-refractivity contribution in [2.24, 2.45) is 35.5 Å². The van der Waals surface area contributed by atoms with Gasteiger partial charge >= 0.3 is 0 Å². The Bertz CT molecular complexity index is 4170. The molecule has 0 aliphatic carbocycles. The molecule has 8 aromatic rings. The molecule has 0 saturated heterocycles. The highest BCUT2D eigenvalue weighted by Crippen LogP contribution is 2.53. The summed E-state index contributed by atoms with van der Waals surface area (Å²) in [6.45, 7) is 31.5. The fourth-order valence-electron chi connectivity index (χ4n) is 17.3. The standard InChI is InChI=1S/C90H118N6O4S4/c1-13-25-33-59(19-7)53-91-69-43-41-65(71-45-47-75(103-71)85-79-77(87(97)95(85)57-63(23-11)37-29-17-5)83(73-39-31-49-101-73)93(89(79)99)55-61(21-9)35-27-15-3)51-67(69)82-81(91)68-52-66(42-44-70(68)92(82)54-60(20-8)34-26-14-2)72-46-48-76(104-72)86-80-78(88(98)96(86)58-64(24-12)38-30-18-6)84(74-40-32-50-102-74)94(90(80)100)56-62(22-10)36-28-16-4/h31-32,39-52,59-64H,13-30,33-38,53-58H2,1-12H3. The zero-order chi connectivity index (χ0) is 73.3. The third-order valence-electron chi connectivity index (χ3n) is 23.9. The lowest BCUT2D eigenvalue weighted by molar-refractivity contribution is -0.124. The van der Waals surface area contributed by atoms with Crippen LogP contribution in [-0.4, -0.2) is 78.5 Å². The number of unbranched alkanes of at least 4 members (excludes halogenated alkanes) is 6. The molecule has 6 aromatic heterocycles. The highest BCUT2D eigenvalue weighted by atomic mass is 32.1. The topological polar surface area (TPSA) is 91.1 Å². The first-order valence-corrected chi connectivity index (χ1v) is 44.3. The van der Waals surface area contributed by atoms with Gasteiger partial charge in [0.25, 0.3) is 23.6 Å². The molecule has 4 aliphatic heterocycles. The monoisotopic (exact) mass is 1470 g/mol. The van der Waals surface area contributed by atoms with Crippen LogP contribution in [0.2, 0.25) is 0 Å². The van der Waals surface area contributed by atoms with E-state index >= 15 is 19.2 Å². The number of thiophene rings is 4. The second kappa shape index (κ2) is 35.4. The SMILES string of the molecule is CCCCC(CC)CN1C(=O)C2=C(c3ccc(-c4ccc5c(c4)c4c(c6cc(-c7ccc(C8=C9C(=O)N(CC(CC)CCCC)C(c%10cccs%10)=C9C(=O)N8CC(CC)CCCC)s7)ccc6n4CC(CC)CCCC)n5CC(CC)CCCC)s3)N(CC(CC)CCCC)C(=O)C2=C1c1cccs1. The largest absolute Gasteiger partial charge is 0.338 e. The zero-order valence-corrected chi connectivity index (χ0v) is 68.1. The summed E-state index contributed by atoms with van der Waals surface area (Å²) < 4.78 is 5.40. The van der Waals surface area contributed by atoms with E-state index in [0.717, 1.165) is 205 Å². The van der Waals surface area contributed by atoms with Crippen LogP contribution in [0.25, 0.3) is 76.5 Å². The number of benzene rings is 2. The Kier molecular flexibility index (Phi) is 26.2. The zero-order valence-electron chi connectivity index (χ0n) is 64.9. The van der Waals surface area contributed by atoms with Gasteiger partial charge in [0.2, 0.25) is 0 Å². The number of rotatable bonds is 42. The minimum atomic E-state index is -0.0341. The maximum absolute atomic E-state index is 15.6. The van der Waals surface area contributed by atoms with Crippen LogP contribution in [-0.2, 0) is 32.3 Å². The molecule has 0 spiro atoms. The van der Waals surface area contributed by atoms with Gasteiger partial charge < -0.3 is 28.7 Å². The van der Waals surface area contributed by atoms with Crippen molar-refractivity contribution in [3.05, 3.63) is 137 Å². The molecule has 14 heteroatoms. The molecule has 10 nitrogen and oxygen atoms in total. The Labute approximate surface area is 638 Å². The molecule has 2 aromatic carbocycles. The van der Waals surface area contributed by atoms with Crippen molar-refractivity contribution >= 4 is 125 Å². The molecular weight excluding hydrogens is 1360 g/mol. The predicted octanol–water partition coefficient (Wildman–Crippen LogP) is 25.2. The smallest absolute Gasteiger partial charge is 0.261 e. The Morgan fingerprint density at radius 1 is 0.308 bits per heavy atom. The van der Waals surface area contributed by atoms with Crippen molar-refractivity contribution in [3.63, 3.8) is 0 Å². The summed E-state index contributed by atoms with van der Waals surface area (Å²) in [6.07, 6.45) is 26.1. The average Bonchev–Trinajstić information content (AvgIpc) is 1.57. The molecule has 4 aliphatic rings. The molecular formula is C90H118N6O4S4. The van der Waals surface area contributed by atoms with Crippen molar-refractivity contribution < 1.29 is 19.2 Å². The molecule has 4 amide bonds. The number of hydrogen-bond donors (Lipinski definition) is 0. The van der Waals surface area contributed by atoms with Crippen molar-refractivity contribution in [2.75, 3.05) is 26.2 Å². The van der Waals surface area contributed by atoms with Crippen LogP contribution in [0.1, 0.15) is 257 Å². The number of nitrogens with zero attached hydrogens (tertiary/aromatic N) is 6. The van der Waals surface area contributed by atoms with E-state index in [9.17, 15) is 0 Å². The molecule has 12 rings (SSSR count). The van der Waals surface area contributed by atoms with E-state index in [4.69, 9.17) is 0 Å². The summed E-state index contributed by atoms with van der Waals surface area (Å²) in [5, 5.41) is 6.65. The van der Waals surface area contributed by atoms with Gasteiger partial charge in [-0.05, 0) is 157 Å². The van der Waals surface area contributed by atoms with Crippen LogP contribution in [0, 0.1) is 35.5 Å². The first-order valence-electron chi connectivity index (χ1n) is 40.9. The molecule has 10 heterocycles. The third kappa shape index (κ3) is 15.3. The van der Waals surface area contributed by atoms with E-state index in [1.165, 1.54) is 58.5 Å². The fourth-order valence-corrected chi connectivity index (χ4v) is 21.0. The van der Waals surface area contributed by atoms with E-state index in [0.29, 0.717) is 84.0 Å². The van der Waals surface area contributed by atoms with Crippen LogP contribution >= 0.6 is 45.3 Å². The lowest BCUT2D eigenvalue weighted by Crippen LogP contribution is -2.34. The van der Waals surface area contributed by atoms with Crippen molar-refractivity contribution in [2.45, 2.75) is 250 Å². The highest BCUT2D eigenvalue weighted by Gasteiger charge is 2.52. The second-order valence-corrected chi connectivity index (χ2v) is 34.8. The van der Waals surface area contributed by atoms with E-state index in [1.807, 2.05) is 19.6 Å². The van der Waals surface area contributed by atoms with Crippen molar-refractivity contribution in [3.8, 4) is 20.9 Å². The molecule has 556 valence electrons. The Morgan fingerprint density at radius 2 is 0.577 bits per heavy atom. The van der Waals surface area contributed by atoms with Crippen LogP contribution in [0.5, 0.6) is 0 Å². The van der Waals surface area contributed by atoms with Crippen molar-refractivity contribution in [1.82, 2.24) is 28.7 Å². The van der Waals surface area contributed by atoms with Crippen LogP contribution in [0.15, 0.2) is 118 Å². The van der Waals surface area contributed by atoms with Gasteiger partial charge in [-0.3, -0.25) is 19.2 Å². The molecule has 0 N–H and O–H groups in total. The maximum Gasteiger partial charge on any atom is 0.261 e. The summed E-state index contributed by atoms with van der Waals surface area (Å²) in [5.74, 6) is 2.11. The van der Waals surface area contributed by atoms with Crippen LogP contribution < -0.4 is 0 Å². The number of carbonyl (C=O) groups is 4. The molecule has 6 atom stereocenters. The molecule has 0 bridgehead atoms. The number of fused-ring (bicyclic) bond motifs is 7. The van der Waals surface area contributed by atoms with Gasteiger partial charge in [0.15, 0.2) is 0 Å². The fraction of sp³-hybridized carbons (Fsp3) is 0.533. The van der Waals surface area contributed by atoms with Gasteiger partial charge in [0, 0.05) is 59.8 Å². The normalized spacial score (nSPS) is 16.8. The second-order valence-electron chi connectivity index (χ2n) is 30.7. The van der Waals surface area contributed by atoms with E-state index in [2.05, 4.69) is 188 Å². The quantitative estimate of drug-likeness (QED) is 0.0381. The number of amides is 4. The number of aromatic nitrogens is 2. The summed E-state index contributed by atoms with van der Waals surface area (Å²) in [7, 11) is 0. The van der Waals surface area contributed by atoms with Gasteiger partial charge in [0.05, 0.1) is 86.7 Å². The Hall–Kier alpha value is -6.58. The van der Waals surface area contributed by atoms with E-state index in [-0.39, 0.29) is 23.6 Å². The van der Waals surface area contributed by atoms with Gasteiger partial charge in [-0.1, -0.05) is 223 Å². The minimum Gasteiger partial charge on any atom is -0.338 e.